The lowest BCUT2D eigenvalue weighted by Crippen LogP contribution is -2.23. The number of hydrogen-bond acceptors (Lipinski definition) is 1. The van der Waals surface area contributed by atoms with Gasteiger partial charge in [-0.2, -0.15) is 0 Å². The number of carbonyl (C=O) groups is 1. The molecule has 0 unspecified atom stereocenters. The van der Waals surface area contributed by atoms with Crippen molar-refractivity contribution in [1.29, 1.82) is 0 Å². The molecule has 1 N–H and O–H groups in total. The highest BCUT2D eigenvalue weighted by Gasteiger charge is 2.28. The van der Waals surface area contributed by atoms with Gasteiger partial charge in [0.05, 0.1) is 5.56 Å². The molecule has 0 atom stereocenters. The summed E-state index contributed by atoms with van der Waals surface area (Å²) in [5.74, 6) is -0.864. The molecular weight excluding hydrogens is 236 g/mol. The Kier molecular flexibility index (Phi) is 3.43. The van der Waals surface area contributed by atoms with E-state index in [1.54, 1.807) is 0 Å². The maximum Gasteiger partial charge on any atom is 0.336 e. The molecule has 2 rings (SSSR count). The Bertz CT molecular complexity index is 598. The fourth-order valence-electron chi connectivity index (χ4n) is 2.48. The van der Waals surface area contributed by atoms with E-state index in [2.05, 4.69) is 13.8 Å². The maximum atomic E-state index is 11.5. The molecule has 2 aromatic rings. The summed E-state index contributed by atoms with van der Waals surface area (Å²) in [4.78, 5) is 11.5. The van der Waals surface area contributed by atoms with Crippen LogP contribution in [-0.4, -0.2) is 11.1 Å². The molecule has 0 aromatic heterocycles. The van der Waals surface area contributed by atoms with E-state index >= 15 is 0 Å². The summed E-state index contributed by atoms with van der Waals surface area (Å²) < 4.78 is 0. The van der Waals surface area contributed by atoms with Crippen LogP contribution in [0.15, 0.2) is 48.5 Å². The van der Waals surface area contributed by atoms with E-state index in [1.165, 1.54) is 0 Å². The zero-order valence-corrected chi connectivity index (χ0v) is 11.5. The highest BCUT2D eigenvalue weighted by atomic mass is 16.4. The minimum absolute atomic E-state index is 0.332. The van der Waals surface area contributed by atoms with Crippen molar-refractivity contribution >= 4 is 5.97 Å². The molecule has 0 radical (unpaired) electrons. The first-order valence-corrected chi connectivity index (χ1v) is 6.33. The van der Waals surface area contributed by atoms with Crippen LogP contribution in [0.2, 0.25) is 0 Å². The van der Waals surface area contributed by atoms with Gasteiger partial charge in [-0.3, -0.25) is 0 Å². The van der Waals surface area contributed by atoms with Crippen molar-refractivity contribution < 1.29 is 9.90 Å². The van der Waals surface area contributed by atoms with Crippen molar-refractivity contribution in [2.24, 2.45) is 0 Å². The Balaban J connectivity index is 2.65. The van der Waals surface area contributed by atoms with Crippen molar-refractivity contribution in [1.82, 2.24) is 0 Å². The fraction of sp³-hybridized carbons (Fsp3) is 0.235. The summed E-state index contributed by atoms with van der Waals surface area (Å²) in [6, 6.07) is 15.7. The van der Waals surface area contributed by atoms with Crippen LogP contribution in [0.25, 0.3) is 0 Å². The van der Waals surface area contributed by atoms with Gasteiger partial charge < -0.3 is 5.11 Å². The lowest BCUT2D eigenvalue weighted by atomic mass is 9.75. The van der Waals surface area contributed by atoms with Gasteiger partial charge in [0.15, 0.2) is 0 Å². The van der Waals surface area contributed by atoms with E-state index in [9.17, 15) is 9.90 Å². The normalized spacial score (nSPS) is 11.3. The van der Waals surface area contributed by atoms with Crippen molar-refractivity contribution in [3.8, 4) is 0 Å². The average molecular weight is 254 g/mol. The van der Waals surface area contributed by atoms with Crippen molar-refractivity contribution in [3.05, 3.63) is 70.8 Å². The van der Waals surface area contributed by atoms with Gasteiger partial charge in [0, 0.05) is 5.41 Å². The molecule has 0 bridgehead atoms. The molecule has 0 saturated carbocycles. The van der Waals surface area contributed by atoms with Gasteiger partial charge in [0.2, 0.25) is 0 Å². The van der Waals surface area contributed by atoms with Gasteiger partial charge in [-0.25, -0.2) is 4.79 Å². The first kappa shape index (κ1) is 13.3. The summed E-state index contributed by atoms with van der Waals surface area (Å²) in [7, 11) is 0. The molecule has 0 amide bonds. The van der Waals surface area contributed by atoms with Gasteiger partial charge in [-0.1, -0.05) is 62.4 Å². The highest BCUT2D eigenvalue weighted by Crippen LogP contribution is 2.34. The summed E-state index contributed by atoms with van der Waals surface area (Å²) in [6.45, 7) is 5.96. The summed E-state index contributed by atoms with van der Waals surface area (Å²) in [6.07, 6.45) is 0. The smallest absolute Gasteiger partial charge is 0.336 e. The number of carboxylic acids is 1. The Morgan fingerprint density at radius 1 is 1.00 bits per heavy atom. The predicted octanol–water partition coefficient (Wildman–Crippen LogP) is 4.02. The molecule has 98 valence electrons. The van der Waals surface area contributed by atoms with E-state index in [0.29, 0.717) is 5.56 Å². The van der Waals surface area contributed by atoms with E-state index in [1.807, 2.05) is 55.5 Å². The lowest BCUT2D eigenvalue weighted by molar-refractivity contribution is 0.0693. The van der Waals surface area contributed by atoms with Crippen LogP contribution in [0.1, 0.15) is 40.9 Å². The first-order valence-electron chi connectivity index (χ1n) is 6.33. The Morgan fingerprint density at radius 3 is 2.21 bits per heavy atom. The summed E-state index contributed by atoms with van der Waals surface area (Å²) in [5.41, 5.74) is 2.85. The quantitative estimate of drug-likeness (QED) is 0.898. The molecule has 0 aliphatic carbocycles. The second-order valence-electron chi connectivity index (χ2n) is 5.29. The van der Waals surface area contributed by atoms with Gasteiger partial charge in [-0.05, 0) is 23.6 Å². The Labute approximate surface area is 113 Å². The van der Waals surface area contributed by atoms with Gasteiger partial charge >= 0.3 is 5.97 Å². The third-order valence-corrected chi connectivity index (χ3v) is 3.66. The minimum Gasteiger partial charge on any atom is -0.478 e. The number of rotatable bonds is 3. The Morgan fingerprint density at radius 2 is 1.63 bits per heavy atom. The third-order valence-electron chi connectivity index (χ3n) is 3.66. The molecule has 0 spiro atoms. The summed E-state index contributed by atoms with van der Waals surface area (Å²) >= 11 is 0. The average Bonchev–Trinajstić information content (AvgIpc) is 2.39. The van der Waals surface area contributed by atoms with Gasteiger partial charge in [-0.15, -0.1) is 0 Å². The third kappa shape index (κ3) is 2.39. The topological polar surface area (TPSA) is 37.3 Å². The van der Waals surface area contributed by atoms with E-state index in [-0.39, 0.29) is 5.41 Å². The van der Waals surface area contributed by atoms with Crippen LogP contribution in [-0.2, 0) is 5.41 Å². The second kappa shape index (κ2) is 4.88. The lowest BCUT2D eigenvalue weighted by Gasteiger charge is -2.28. The molecule has 0 aliphatic heterocycles. The number of carboxylic acid groups (broad SMARTS) is 1. The van der Waals surface area contributed by atoms with Gasteiger partial charge in [0.1, 0.15) is 0 Å². The highest BCUT2D eigenvalue weighted by molar-refractivity contribution is 5.91. The van der Waals surface area contributed by atoms with E-state index < -0.39 is 5.97 Å². The fourth-order valence-corrected chi connectivity index (χ4v) is 2.48. The van der Waals surface area contributed by atoms with Crippen LogP contribution >= 0.6 is 0 Å². The van der Waals surface area contributed by atoms with Crippen molar-refractivity contribution in [3.63, 3.8) is 0 Å². The molecule has 0 fully saturated rings. The summed E-state index contributed by atoms with van der Waals surface area (Å²) in [5, 5.41) is 9.46. The molecule has 0 aliphatic rings. The SMILES string of the molecule is Cc1cccc(C(C)(C)c2ccccc2)c1C(=O)O. The molecule has 0 saturated heterocycles. The Hall–Kier alpha value is -2.09. The van der Waals surface area contributed by atoms with Crippen LogP contribution in [0.3, 0.4) is 0 Å². The molecular formula is C17H18O2. The number of benzene rings is 2. The van der Waals surface area contributed by atoms with Crippen LogP contribution in [0, 0.1) is 6.92 Å². The maximum absolute atomic E-state index is 11.5. The molecule has 2 aromatic carbocycles. The van der Waals surface area contributed by atoms with Crippen molar-refractivity contribution in [2.45, 2.75) is 26.2 Å². The molecule has 2 heteroatoms. The zero-order chi connectivity index (χ0) is 14.0. The number of aryl methyl sites for hydroxylation is 1. The standard InChI is InChI=1S/C17H18O2/c1-12-8-7-11-14(15(12)16(18)19)17(2,3)13-9-5-4-6-10-13/h4-11H,1-3H3,(H,18,19). The monoisotopic (exact) mass is 254 g/mol. The van der Waals surface area contributed by atoms with Crippen LogP contribution in [0.4, 0.5) is 0 Å². The number of hydrogen-bond donors (Lipinski definition) is 1. The number of aromatic carboxylic acids is 1. The predicted molar refractivity (Wildman–Crippen MR) is 76.7 cm³/mol. The second-order valence-corrected chi connectivity index (χ2v) is 5.29. The van der Waals surface area contributed by atoms with Crippen LogP contribution in [0.5, 0.6) is 0 Å². The molecule has 0 heterocycles. The zero-order valence-electron chi connectivity index (χ0n) is 11.5. The molecule has 2 nitrogen and oxygen atoms in total. The molecule has 19 heavy (non-hydrogen) atoms. The van der Waals surface area contributed by atoms with Gasteiger partial charge in [0.25, 0.3) is 0 Å². The van der Waals surface area contributed by atoms with E-state index in [4.69, 9.17) is 0 Å². The van der Waals surface area contributed by atoms with E-state index in [0.717, 1.165) is 16.7 Å². The largest absolute Gasteiger partial charge is 0.478 e. The first-order chi connectivity index (χ1) is 8.94. The minimum atomic E-state index is -0.864. The van der Waals surface area contributed by atoms with Crippen molar-refractivity contribution in [2.75, 3.05) is 0 Å². The van der Waals surface area contributed by atoms with Crippen LogP contribution < -0.4 is 0 Å².